The van der Waals surface area contributed by atoms with E-state index in [-0.39, 0.29) is 0 Å². The molecule has 0 bridgehead atoms. The first kappa shape index (κ1) is 10.5. The van der Waals surface area contributed by atoms with Gasteiger partial charge in [0.2, 0.25) is 0 Å². The van der Waals surface area contributed by atoms with Gasteiger partial charge in [-0.1, -0.05) is 6.07 Å². The van der Waals surface area contributed by atoms with Crippen LogP contribution in [-0.2, 0) is 6.42 Å². The van der Waals surface area contributed by atoms with Gasteiger partial charge in [0.25, 0.3) is 0 Å². The summed E-state index contributed by atoms with van der Waals surface area (Å²) in [4.78, 5) is 0. The number of hydrogen-bond donors (Lipinski definition) is 1. The van der Waals surface area contributed by atoms with Crippen LogP contribution < -0.4 is 5.23 Å². The lowest BCUT2D eigenvalue weighted by Gasteiger charge is -2.25. The Labute approximate surface area is 100 Å². The molecule has 1 atom stereocenters. The van der Waals surface area contributed by atoms with Crippen molar-refractivity contribution in [1.82, 2.24) is 5.23 Å². The maximum Gasteiger partial charge on any atom is 0.177 e. The smallest absolute Gasteiger partial charge is 0.177 e. The van der Waals surface area contributed by atoms with Gasteiger partial charge in [0.05, 0.1) is 0 Å². The minimum Gasteiger partial charge on any atom is -0.366 e. The Morgan fingerprint density at radius 3 is 3.14 bits per heavy atom. The van der Waals surface area contributed by atoms with E-state index in [0.29, 0.717) is 5.92 Å². The zero-order valence-corrected chi connectivity index (χ0v) is 10.3. The van der Waals surface area contributed by atoms with E-state index < -0.39 is 0 Å². The molecule has 2 rings (SSSR count). The predicted octanol–water partition coefficient (Wildman–Crippen LogP) is 2.38. The van der Waals surface area contributed by atoms with E-state index in [9.17, 15) is 0 Å². The molecule has 3 heteroatoms. The molecule has 0 fully saturated rings. The molecule has 1 nitrogen and oxygen atoms in total. The number of benzene rings is 1. The molecular weight excluding hydrogens is 284 g/mol. The first-order chi connectivity index (χ1) is 6.81. The van der Waals surface area contributed by atoms with Crippen molar-refractivity contribution in [1.29, 1.82) is 0 Å². The second-order valence-corrected chi connectivity index (χ2v) is 5.09. The summed E-state index contributed by atoms with van der Waals surface area (Å²) < 4.78 is 1.34. The topological polar surface area (TPSA) is 12.0 Å². The molecule has 1 aromatic rings. The molecule has 1 N–H and O–H groups in total. The van der Waals surface area contributed by atoms with Crippen LogP contribution in [0.3, 0.4) is 0 Å². The minimum atomic E-state index is 0.612. The number of hydrogen-bond acceptors (Lipinski definition) is 1. The fourth-order valence-electron chi connectivity index (χ4n) is 2.24. The molecule has 0 aliphatic heterocycles. The Kier molecular flexibility index (Phi) is 3.49. The molecule has 0 saturated carbocycles. The fraction of sp³-hybridized carbons (Fsp3) is 0.455. The average molecular weight is 297 g/mol. The van der Waals surface area contributed by atoms with Gasteiger partial charge in [0.15, 0.2) is 7.98 Å². The van der Waals surface area contributed by atoms with Crippen LogP contribution in [0.25, 0.3) is 0 Å². The van der Waals surface area contributed by atoms with Crippen molar-refractivity contribution in [2.75, 3.05) is 6.54 Å². The maximum atomic E-state index is 5.39. The van der Waals surface area contributed by atoms with Crippen molar-refractivity contribution in [3.8, 4) is 0 Å². The van der Waals surface area contributed by atoms with Gasteiger partial charge in [0, 0.05) is 3.57 Å². The Hall–Kier alpha value is -0.0251. The Morgan fingerprint density at radius 1 is 1.50 bits per heavy atom. The normalized spacial score (nSPS) is 20.5. The molecule has 0 spiro atoms. The van der Waals surface area contributed by atoms with E-state index in [1.54, 1.807) is 0 Å². The molecule has 0 unspecified atom stereocenters. The van der Waals surface area contributed by atoms with Gasteiger partial charge in [-0.25, -0.2) is 0 Å². The average Bonchev–Trinajstić information content (AvgIpc) is 2.18. The molecule has 1 aromatic carbocycles. The number of fused-ring (bicyclic) bond motifs is 1. The first-order valence-corrected chi connectivity index (χ1v) is 6.11. The van der Waals surface area contributed by atoms with Crippen LogP contribution in [0.5, 0.6) is 0 Å². The SMILES string of the molecule is [B]NC[C@@H]1CCCc2cc(I)ccc21. The van der Waals surface area contributed by atoms with Gasteiger partial charge in [-0.3, -0.25) is 0 Å². The number of nitrogens with one attached hydrogen (secondary N) is 1. The number of aryl methyl sites for hydroxylation is 1. The van der Waals surface area contributed by atoms with Gasteiger partial charge >= 0.3 is 0 Å². The second-order valence-electron chi connectivity index (χ2n) is 3.84. The number of rotatable bonds is 2. The number of halogens is 1. The summed E-state index contributed by atoms with van der Waals surface area (Å²) in [6.45, 7) is 0.896. The summed E-state index contributed by atoms with van der Waals surface area (Å²) in [6, 6.07) is 6.76. The van der Waals surface area contributed by atoms with E-state index in [4.69, 9.17) is 7.98 Å². The Balaban J connectivity index is 2.30. The highest BCUT2D eigenvalue weighted by molar-refractivity contribution is 14.1. The van der Waals surface area contributed by atoms with Crippen molar-refractivity contribution in [2.24, 2.45) is 0 Å². The van der Waals surface area contributed by atoms with Gasteiger partial charge in [0.1, 0.15) is 0 Å². The van der Waals surface area contributed by atoms with Gasteiger partial charge in [-0.2, -0.15) is 0 Å². The van der Waals surface area contributed by atoms with Gasteiger partial charge in [-0.15, -0.1) is 0 Å². The lowest BCUT2D eigenvalue weighted by Crippen LogP contribution is -2.22. The molecule has 0 aromatic heterocycles. The van der Waals surface area contributed by atoms with Gasteiger partial charge < -0.3 is 5.23 Å². The summed E-state index contributed by atoms with van der Waals surface area (Å²) in [6.07, 6.45) is 3.78. The molecule has 1 aliphatic carbocycles. The molecule has 0 amide bonds. The third-order valence-electron chi connectivity index (χ3n) is 2.91. The second kappa shape index (κ2) is 4.66. The third-order valence-corrected chi connectivity index (χ3v) is 3.58. The van der Waals surface area contributed by atoms with Crippen LogP contribution in [-0.4, -0.2) is 14.5 Å². The molecule has 0 saturated heterocycles. The molecular formula is C11H13BIN. The van der Waals surface area contributed by atoms with Crippen LogP contribution in [0.15, 0.2) is 18.2 Å². The highest BCUT2D eigenvalue weighted by atomic mass is 127. The highest BCUT2D eigenvalue weighted by Gasteiger charge is 2.18. The predicted molar refractivity (Wildman–Crippen MR) is 68.6 cm³/mol. The Bertz CT molecular complexity index is 327. The van der Waals surface area contributed by atoms with Crippen molar-refractivity contribution in [2.45, 2.75) is 25.2 Å². The summed E-state index contributed by atoms with van der Waals surface area (Å²) in [5, 5.41) is 2.79. The zero-order chi connectivity index (χ0) is 9.97. The molecule has 0 heterocycles. The summed E-state index contributed by atoms with van der Waals surface area (Å²) >= 11 is 2.37. The van der Waals surface area contributed by atoms with E-state index in [1.165, 1.54) is 34.0 Å². The first-order valence-electron chi connectivity index (χ1n) is 5.03. The lowest BCUT2D eigenvalue weighted by atomic mass is 9.82. The standard InChI is InChI=1S/C11H13BIN/c12-14-7-9-3-1-2-8-6-10(13)4-5-11(8)9/h4-6,9,14H,1-3,7H2/t9-/m0/s1. The molecule has 72 valence electrons. The largest absolute Gasteiger partial charge is 0.366 e. The molecule has 2 radical (unpaired) electrons. The minimum absolute atomic E-state index is 0.612. The van der Waals surface area contributed by atoms with E-state index >= 15 is 0 Å². The summed E-state index contributed by atoms with van der Waals surface area (Å²) in [5.41, 5.74) is 3.01. The van der Waals surface area contributed by atoms with Gasteiger partial charge in [-0.05, 0) is 77.6 Å². The maximum absolute atomic E-state index is 5.39. The molecule has 14 heavy (non-hydrogen) atoms. The van der Waals surface area contributed by atoms with Crippen LogP contribution in [0, 0.1) is 3.57 Å². The molecule has 1 aliphatic rings. The van der Waals surface area contributed by atoms with Crippen LogP contribution in [0.1, 0.15) is 29.9 Å². The highest BCUT2D eigenvalue weighted by Crippen LogP contribution is 2.31. The Morgan fingerprint density at radius 2 is 2.36 bits per heavy atom. The summed E-state index contributed by atoms with van der Waals surface area (Å²) in [5.74, 6) is 0.612. The van der Waals surface area contributed by atoms with E-state index in [1.807, 2.05) is 0 Å². The van der Waals surface area contributed by atoms with Crippen molar-refractivity contribution < 1.29 is 0 Å². The van der Waals surface area contributed by atoms with Crippen LogP contribution in [0.2, 0.25) is 0 Å². The third kappa shape index (κ3) is 2.14. The van der Waals surface area contributed by atoms with Crippen molar-refractivity contribution in [3.63, 3.8) is 0 Å². The van der Waals surface area contributed by atoms with Crippen LogP contribution >= 0.6 is 22.6 Å². The van der Waals surface area contributed by atoms with Crippen molar-refractivity contribution >= 4 is 30.6 Å². The zero-order valence-electron chi connectivity index (χ0n) is 8.09. The monoisotopic (exact) mass is 297 g/mol. The van der Waals surface area contributed by atoms with Crippen molar-refractivity contribution in [3.05, 3.63) is 32.9 Å². The summed E-state index contributed by atoms with van der Waals surface area (Å²) in [7, 11) is 5.39. The lowest BCUT2D eigenvalue weighted by molar-refractivity contribution is 0.548. The fourth-order valence-corrected chi connectivity index (χ4v) is 2.79. The van der Waals surface area contributed by atoms with E-state index in [2.05, 4.69) is 46.0 Å². The van der Waals surface area contributed by atoms with Crippen LogP contribution in [0.4, 0.5) is 0 Å². The quantitative estimate of drug-likeness (QED) is 0.653. The van der Waals surface area contributed by atoms with E-state index in [0.717, 1.165) is 6.54 Å².